The topological polar surface area (TPSA) is 40.5 Å². The molecule has 0 aromatic heterocycles. The third kappa shape index (κ3) is 3.19. The molecule has 0 radical (unpaired) electrons. The van der Waals surface area contributed by atoms with Crippen LogP contribution in [0.1, 0.15) is 11.4 Å². The van der Waals surface area contributed by atoms with Crippen LogP contribution in [0.4, 0.5) is 0 Å². The minimum Gasteiger partial charge on any atom is -0.508 e. The van der Waals surface area contributed by atoms with Crippen LogP contribution in [0.3, 0.4) is 0 Å². The van der Waals surface area contributed by atoms with Crippen molar-refractivity contribution in [3.05, 3.63) is 90.5 Å². The van der Waals surface area contributed by atoms with Crippen LogP contribution in [0.2, 0.25) is 0 Å². The van der Waals surface area contributed by atoms with Crippen molar-refractivity contribution in [3.63, 3.8) is 0 Å². The van der Waals surface area contributed by atoms with Crippen molar-refractivity contribution in [3.8, 4) is 5.75 Å². The van der Waals surface area contributed by atoms with Gasteiger partial charge in [0.15, 0.2) is 0 Å². The van der Waals surface area contributed by atoms with E-state index in [1.54, 1.807) is 24.3 Å². The summed E-state index contributed by atoms with van der Waals surface area (Å²) >= 11 is 0. The molecule has 2 nitrogen and oxygen atoms in total. The Morgan fingerprint density at radius 3 is 1.55 bits per heavy atom. The summed E-state index contributed by atoms with van der Waals surface area (Å²) in [4.78, 5) is 0. The average Bonchev–Trinajstić information content (AvgIpc) is 2.57. The zero-order chi connectivity index (χ0) is 15.4. The maximum absolute atomic E-state index is 10.9. The second-order valence-corrected chi connectivity index (χ2v) is 7.27. The van der Waals surface area contributed by atoms with Crippen molar-refractivity contribution in [1.82, 2.24) is 0 Å². The van der Waals surface area contributed by atoms with E-state index in [9.17, 15) is 10.2 Å². The van der Waals surface area contributed by atoms with Gasteiger partial charge in [0, 0.05) is 0 Å². The van der Waals surface area contributed by atoms with Crippen LogP contribution < -0.4 is 10.6 Å². The Morgan fingerprint density at radius 2 is 1.09 bits per heavy atom. The minimum atomic E-state index is -0.924. The van der Waals surface area contributed by atoms with E-state index in [0.29, 0.717) is 0 Å². The first kappa shape index (κ1) is 14.8. The summed E-state index contributed by atoms with van der Waals surface area (Å²) in [5, 5.41) is 22.6. The number of aromatic hydroxyl groups is 1. The highest BCUT2D eigenvalue weighted by Crippen LogP contribution is 2.47. The molecule has 0 saturated carbocycles. The highest BCUT2D eigenvalue weighted by Gasteiger charge is 2.23. The first-order valence-electron chi connectivity index (χ1n) is 7.12. The van der Waals surface area contributed by atoms with E-state index in [0.717, 1.165) is 16.2 Å². The highest BCUT2D eigenvalue weighted by atomic mass is 31.1. The molecular weight excluding hydrogens is 291 g/mol. The lowest BCUT2D eigenvalue weighted by Crippen LogP contribution is -2.16. The van der Waals surface area contributed by atoms with Crippen LogP contribution in [-0.2, 0) is 0 Å². The number of phenolic OH excluding ortho intramolecular Hbond substituents is 1. The number of phenols is 1. The molecule has 110 valence electrons. The molecule has 0 aliphatic rings. The Morgan fingerprint density at radius 1 is 0.636 bits per heavy atom. The van der Waals surface area contributed by atoms with Gasteiger partial charge in [-0.15, -0.1) is 0 Å². The number of hydrogen-bond acceptors (Lipinski definition) is 2. The smallest absolute Gasteiger partial charge is 0.115 e. The van der Waals surface area contributed by atoms with Crippen LogP contribution in [0, 0.1) is 0 Å². The van der Waals surface area contributed by atoms with Gasteiger partial charge in [0.2, 0.25) is 0 Å². The Labute approximate surface area is 131 Å². The Balaban J connectivity index is 2.04. The lowest BCUT2D eigenvalue weighted by atomic mass is 10.2. The van der Waals surface area contributed by atoms with Gasteiger partial charge in [-0.05, 0) is 36.2 Å². The Hall–Kier alpha value is -2.15. The van der Waals surface area contributed by atoms with Crippen molar-refractivity contribution < 1.29 is 10.2 Å². The van der Waals surface area contributed by atoms with E-state index in [2.05, 4.69) is 24.3 Å². The number of hydrogen-bond donors (Lipinski definition) is 2. The summed E-state index contributed by atoms with van der Waals surface area (Å²) in [7, 11) is -0.924. The molecule has 0 spiro atoms. The highest BCUT2D eigenvalue weighted by molar-refractivity contribution is 7.73. The predicted octanol–water partition coefficient (Wildman–Crippen LogP) is 3.52. The van der Waals surface area contributed by atoms with E-state index in [1.165, 1.54) is 0 Å². The second kappa shape index (κ2) is 6.74. The standard InChI is InChI=1S/C19H17O2P/c20-16-13-11-15(12-14-16)19(21)22(17-7-3-1-4-8-17)18-9-5-2-6-10-18/h1-14,19-21H. The van der Waals surface area contributed by atoms with Gasteiger partial charge in [0.25, 0.3) is 0 Å². The van der Waals surface area contributed by atoms with Crippen molar-refractivity contribution in [2.45, 2.75) is 5.85 Å². The quantitative estimate of drug-likeness (QED) is 0.724. The molecule has 3 heteroatoms. The van der Waals surface area contributed by atoms with Gasteiger partial charge in [-0.3, -0.25) is 0 Å². The molecule has 0 saturated heterocycles. The van der Waals surface area contributed by atoms with Crippen molar-refractivity contribution in [1.29, 1.82) is 0 Å². The lowest BCUT2D eigenvalue weighted by Gasteiger charge is -2.24. The summed E-state index contributed by atoms with van der Waals surface area (Å²) < 4.78 is 0. The Bertz CT molecular complexity index is 672. The predicted molar refractivity (Wildman–Crippen MR) is 92.1 cm³/mol. The fourth-order valence-electron chi connectivity index (χ4n) is 2.40. The lowest BCUT2D eigenvalue weighted by molar-refractivity contribution is 0.266. The van der Waals surface area contributed by atoms with Gasteiger partial charge in [-0.25, -0.2) is 0 Å². The molecule has 0 heterocycles. The molecule has 2 N–H and O–H groups in total. The molecule has 1 atom stereocenters. The van der Waals surface area contributed by atoms with Crippen LogP contribution in [-0.4, -0.2) is 10.2 Å². The molecule has 0 aliphatic heterocycles. The summed E-state index contributed by atoms with van der Waals surface area (Å²) in [6, 6.07) is 27.0. The van der Waals surface area contributed by atoms with Crippen molar-refractivity contribution in [2.24, 2.45) is 0 Å². The number of aliphatic hydroxyl groups is 1. The number of benzene rings is 3. The maximum Gasteiger partial charge on any atom is 0.115 e. The molecular formula is C19H17O2P. The molecule has 3 rings (SSSR count). The van der Waals surface area contributed by atoms with Gasteiger partial charge in [-0.1, -0.05) is 72.8 Å². The molecule has 0 amide bonds. The molecule has 3 aromatic carbocycles. The molecule has 1 unspecified atom stereocenters. The summed E-state index contributed by atoms with van der Waals surface area (Å²) in [6.45, 7) is 0. The van der Waals surface area contributed by atoms with E-state index >= 15 is 0 Å². The van der Waals surface area contributed by atoms with E-state index in [1.807, 2.05) is 36.4 Å². The van der Waals surface area contributed by atoms with E-state index in [4.69, 9.17) is 0 Å². The second-order valence-electron chi connectivity index (χ2n) is 5.01. The van der Waals surface area contributed by atoms with Crippen molar-refractivity contribution >= 4 is 18.5 Å². The Kier molecular flexibility index (Phi) is 4.53. The van der Waals surface area contributed by atoms with E-state index in [-0.39, 0.29) is 5.75 Å². The third-order valence-corrected chi connectivity index (χ3v) is 6.00. The maximum atomic E-state index is 10.9. The third-order valence-electron chi connectivity index (χ3n) is 3.50. The zero-order valence-corrected chi connectivity index (χ0v) is 12.9. The molecule has 3 aromatic rings. The van der Waals surface area contributed by atoms with Crippen LogP contribution in [0.5, 0.6) is 5.75 Å². The molecule has 0 fully saturated rings. The fraction of sp³-hybridized carbons (Fsp3) is 0.0526. The van der Waals surface area contributed by atoms with Gasteiger partial charge in [0.1, 0.15) is 11.6 Å². The van der Waals surface area contributed by atoms with Crippen LogP contribution >= 0.6 is 7.92 Å². The molecule has 22 heavy (non-hydrogen) atoms. The van der Waals surface area contributed by atoms with Crippen molar-refractivity contribution in [2.75, 3.05) is 0 Å². The SMILES string of the molecule is Oc1ccc(C(O)P(c2ccccc2)c2ccccc2)cc1. The number of aliphatic hydroxyl groups excluding tert-OH is 1. The average molecular weight is 308 g/mol. The fourth-order valence-corrected chi connectivity index (χ4v) is 4.72. The zero-order valence-electron chi connectivity index (χ0n) is 12.0. The summed E-state index contributed by atoms with van der Waals surface area (Å²) in [5.41, 5.74) is 0.816. The summed E-state index contributed by atoms with van der Waals surface area (Å²) in [5.74, 6) is -0.403. The van der Waals surface area contributed by atoms with Gasteiger partial charge in [0.05, 0.1) is 0 Å². The van der Waals surface area contributed by atoms with Gasteiger partial charge < -0.3 is 10.2 Å². The first-order valence-corrected chi connectivity index (χ1v) is 8.53. The largest absolute Gasteiger partial charge is 0.508 e. The molecule has 0 aliphatic carbocycles. The molecule has 0 bridgehead atoms. The van der Waals surface area contributed by atoms with Gasteiger partial charge >= 0.3 is 0 Å². The number of rotatable bonds is 4. The minimum absolute atomic E-state index is 0.208. The monoisotopic (exact) mass is 308 g/mol. The van der Waals surface area contributed by atoms with Gasteiger partial charge in [-0.2, -0.15) is 0 Å². The van der Waals surface area contributed by atoms with Crippen LogP contribution in [0.15, 0.2) is 84.9 Å². The summed E-state index contributed by atoms with van der Waals surface area (Å²) in [6.07, 6.45) is 0. The normalized spacial score (nSPS) is 12.3. The van der Waals surface area contributed by atoms with E-state index < -0.39 is 13.8 Å². The van der Waals surface area contributed by atoms with Crippen LogP contribution in [0.25, 0.3) is 0 Å². The first-order chi connectivity index (χ1) is 10.8.